The summed E-state index contributed by atoms with van der Waals surface area (Å²) in [6, 6.07) is 9.45. The monoisotopic (exact) mass is 334 g/mol. The van der Waals surface area contributed by atoms with Gasteiger partial charge in [0.25, 0.3) is 0 Å². The number of aromatic nitrogens is 3. The Labute approximate surface area is 135 Å². The molecule has 0 unspecified atom stereocenters. The lowest BCUT2D eigenvalue weighted by molar-refractivity contribution is 0.872. The van der Waals surface area contributed by atoms with Crippen molar-refractivity contribution in [3.05, 3.63) is 55.9 Å². The summed E-state index contributed by atoms with van der Waals surface area (Å²) in [5, 5.41) is 14.1. The molecular formula is C14H11ClN4S2. The highest BCUT2D eigenvalue weighted by molar-refractivity contribution is 7.71. The van der Waals surface area contributed by atoms with Crippen molar-refractivity contribution < 1.29 is 0 Å². The fourth-order valence-electron chi connectivity index (χ4n) is 1.81. The number of hydrogen-bond donors (Lipinski definition) is 1. The van der Waals surface area contributed by atoms with E-state index in [9.17, 15) is 0 Å². The Hall–Kier alpha value is -1.76. The number of nitrogens with zero attached hydrogens (tertiary/aromatic N) is 3. The highest BCUT2D eigenvalue weighted by atomic mass is 35.5. The molecule has 2 aromatic heterocycles. The Morgan fingerprint density at radius 1 is 1.33 bits per heavy atom. The van der Waals surface area contributed by atoms with E-state index in [0.717, 1.165) is 10.4 Å². The summed E-state index contributed by atoms with van der Waals surface area (Å²) in [7, 11) is 0. The standard InChI is InChI=1S/C14H11ClN4S2/c1-9-6-7-21-12(9)8-16-19-13(17-18-14(19)20)10-2-4-11(15)5-3-10/h2-8H,1H3,(H,18,20)/b16-8-. The van der Waals surface area contributed by atoms with Crippen molar-refractivity contribution >= 4 is 41.4 Å². The number of hydrogen-bond acceptors (Lipinski definition) is 4. The molecule has 3 rings (SSSR count). The van der Waals surface area contributed by atoms with Gasteiger partial charge in [-0.15, -0.1) is 11.3 Å². The minimum absolute atomic E-state index is 0.449. The predicted molar refractivity (Wildman–Crippen MR) is 89.9 cm³/mol. The molecule has 2 heterocycles. The molecule has 3 aromatic rings. The van der Waals surface area contributed by atoms with E-state index in [4.69, 9.17) is 23.8 Å². The lowest BCUT2D eigenvalue weighted by atomic mass is 10.2. The third-order valence-electron chi connectivity index (χ3n) is 2.95. The molecule has 0 bridgehead atoms. The van der Waals surface area contributed by atoms with E-state index in [0.29, 0.717) is 15.6 Å². The Morgan fingerprint density at radius 2 is 2.10 bits per heavy atom. The van der Waals surface area contributed by atoms with Crippen molar-refractivity contribution in [2.45, 2.75) is 6.92 Å². The van der Waals surface area contributed by atoms with Crippen LogP contribution >= 0.6 is 35.2 Å². The second-order valence-electron chi connectivity index (χ2n) is 4.38. The van der Waals surface area contributed by atoms with Crippen LogP contribution in [0.4, 0.5) is 0 Å². The number of nitrogens with one attached hydrogen (secondary N) is 1. The SMILES string of the molecule is Cc1ccsc1/C=N\n1c(-c2ccc(Cl)cc2)n[nH]c1=S. The van der Waals surface area contributed by atoms with Crippen molar-refractivity contribution in [1.82, 2.24) is 14.9 Å². The molecule has 0 fully saturated rings. The molecule has 1 N–H and O–H groups in total. The number of aromatic amines is 1. The topological polar surface area (TPSA) is 46.0 Å². The van der Waals surface area contributed by atoms with Gasteiger partial charge in [-0.2, -0.15) is 14.9 Å². The van der Waals surface area contributed by atoms with Crippen molar-refractivity contribution in [1.29, 1.82) is 0 Å². The summed E-state index contributed by atoms with van der Waals surface area (Å²) in [4.78, 5) is 1.10. The average molecular weight is 335 g/mol. The van der Waals surface area contributed by atoms with Gasteiger partial charge in [-0.25, -0.2) is 5.10 Å². The third kappa shape index (κ3) is 2.97. The Balaban J connectivity index is 2.02. The van der Waals surface area contributed by atoms with Crippen LogP contribution in [0.2, 0.25) is 5.02 Å². The molecule has 0 atom stereocenters. The summed E-state index contributed by atoms with van der Waals surface area (Å²) in [6.07, 6.45) is 1.80. The Kier molecular flexibility index (Phi) is 4.01. The lowest BCUT2D eigenvalue weighted by Gasteiger charge is -2.01. The van der Waals surface area contributed by atoms with Crippen LogP contribution in [0.3, 0.4) is 0 Å². The number of rotatable bonds is 3. The second kappa shape index (κ2) is 5.93. The molecule has 0 aliphatic carbocycles. The van der Waals surface area contributed by atoms with Gasteiger partial charge in [-0.1, -0.05) is 11.6 Å². The van der Waals surface area contributed by atoms with E-state index in [1.54, 1.807) is 22.2 Å². The molecule has 0 amide bonds. The third-order valence-corrected chi connectivity index (χ3v) is 4.41. The van der Waals surface area contributed by atoms with E-state index in [1.165, 1.54) is 5.56 Å². The zero-order chi connectivity index (χ0) is 14.8. The average Bonchev–Trinajstić information content (AvgIpc) is 3.04. The summed E-state index contributed by atoms with van der Waals surface area (Å²) < 4.78 is 2.06. The van der Waals surface area contributed by atoms with Crippen molar-refractivity contribution in [2.75, 3.05) is 0 Å². The number of halogens is 1. The van der Waals surface area contributed by atoms with Crippen LogP contribution < -0.4 is 0 Å². The molecule has 1 aromatic carbocycles. The lowest BCUT2D eigenvalue weighted by Crippen LogP contribution is -1.94. The predicted octanol–water partition coefficient (Wildman–Crippen LogP) is 4.51. The second-order valence-corrected chi connectivity index (χ2v) is 6.15. The van der Waals surface area contributed by atoms with Gasteiger partial charge in [0.05, 0.1) is 11.1 Å². The van der Waals surface area contributed by atoms with Crippen molar-refractivity contribution in [3.8, 4) is 11.4 Å². The van der Waals surface area contributed by atoms with Gasteiger partial charge in [-0.05, 0) is 60.4 Å². The molecule has 7 heteroatoms. The zero-order valence-electron chi connectivity index (χ0n) is 11.1. The summed E-state index contributed by atoms with van der Waals surface area (Å²) in [5.41, 5.74) is 2.08. The van der Waals surface area contributed by atoms with E-state index < -0.39 is 0 Å². The zero-order valence-corrected chi connectivity index (χ0v) is 13.5. The summed E-state index contributed by atoms with van der Waals surface area (Å²) >= 11 is 12.8. The molecule has 0 spiro atoms. The fourth-order valence-corrected chi connectivity index (χ4v) is 2.90. The maximum atomic E-state index is 5.91. The molecular weight excluding hydrogens is 324 g/mol. The summed E-state index contributed by atoms with van der Waals surface area (Å²) in [5.74, 6) is 0.655. The fraction of sp³-hybridized carbons (Fsp3) is 0.0714. The van der Waals surface area contributed by atoms with Gasteiger partial charge in [0.1, 0.15) is 0 Å². The first-order valence-corrected chi connectivity index (χ1v) is 7.83. The van der Waals surface area contributed by atoms with Crippen LogP contribution in [0.15, 0.2) is 40.8 Å². The van der Waals surface area contributed by atoms with Gasteiger partial charge in [-0.3, -0.25) is 0 Å². The molecule has 0 saturated carbocycles. The first-order valence-electron chi connectivity index (χ1n) is 6.17. The molecule has 4 nitrogen and oxygen atoms in total. The largest absolute Gasteiger partial charge is 0.250 e. The summed E-state index contributed by atoms with van der Waals surface area (Å²) in [6.45, 7) is 2.05. The van der Waals surface area contributed by atoms with Crippen LogP contribution in [0, 0.1) is 11.7 Å². The molecule has 0 saturated heterocycles. The quantitative estimate of drug-likeness (QED) is 0.565. The van der Waals surface area contributed by atoms with Crippen LogP contribution in [0.1, 0.15) is 10.4 Å². The van der Waals surface area contributed by atoms with Crippen molar-refractivity contribution in [3.63, 3.8) is 0 Å². The van der Waals surface area contributed by atoms with Crippen LogP contribution in [0.5, 0.6) is 0 Å². The maximum absolute atomic E-state index is 5.91. The number of thiophene rings is 1. The molecule has 0 aliphatic heterocycles. The minimum atomic E-state index is 0.449. The Bertz CT molecular complexity index is 842. The van der Waals surface area contributed by atoms with Gasteiger partial charge in [0.15, 0.2) is 5.82 Å². The molecule has 0 aliphatic rings. The van der Waals surface area contributed by atoms with E-state index in [-0.39, 0.29) is 0 Å². The number of benzene rings is 1. The highest BCUT2D eigenvalue weighted by Gasteiger charge is 2.08. The van der Waals surface area contributed by atoms with Gasteiger partial charge >= 0.3 is 0 Å². The van der Waals surface area contributed by atoms with Crippen LogP contribution in [-0.2, 0) is 0 Å². The Morgan fingerprint density at radius 3 is 2.76 bits per heavy atom. The normalized spacial score (nSPS) is 11.3. The number of H-pyrrole nitrogens is 1. The van der Waals surface area contributed by atoms with Gasteiger partial charge in [0, 0.05) is 10.6 Å². The van der Waals surface area contributed by atoms with E-state index in [1.807, 2.05) is 36.6 Å². The molecule has 106 valence electrons. The van der Waals surface area contributed by atoms with Crippen molar-refractivity contribution in [2.24, 2.45) is 5.10 Å². The number of aryl methyl sites for hydroxylation is 1. The first kappa shape index (κ1) is 14.2. The van der Waals surface area contributed by atoms with Crippen LogP contribution in [-0.4, -0.2) is 21.1 Å². The molecule has 0 radical (unpaired) electrons. The first-order chi connectivity index (χ1) is 10.1. The van der Waals surface area contributed by atoms with Gasteiger partial charge < -0.3 is 0 Å². The highest BCUT2D eigenvalue weighted by Crippen LogP contribution is 2.20. The van der Waals surface area contributed by atoms with Crippen LogP contribution in [0.25, 0.3) is 11.4 Å². The molecule has 21 heavy (non-hydrogen) atoms. The smallest absolute Gasteiger partial charge is 0.216 e. The maximum Gasteiger partial charge on any atom is 0.216 e. The minimum Gasteiger partial charge on any atom is -0.250 e. The van der Waals surface area contributed by atoms with Gasteiger partial charge in [0.2, 0.25) is 4.77 Å². The van der Waals surface area contributed by atoms with E-state index in [2.05, 4.69) is 21.4 Å². The van der Waals surface area contributed by atoms with E-state index >= 15 is 0 Å².